The van der Waals surface area contributed by atoms with Gasteiger partial charge in [-0.2, -0.15) is 0 Å². The van der Waals surface area contributed by atoms with Gasteiger partial charge in [0.05, 0.1) is 24.1 Å². The van der Waals surface area contributed by atoms with Crippen LogP contribution in [0.4, 0.5) is 8.78 Å². The van der Waals surface area contributed by atoms with Crippen LogP contribution >= 0.6 is 27.5 Å². The summed E-state index contributed by atoms with van der Waals surface area (Å²) in [5.41, 5.74) is 0.700. The van der Waals surface area contributed by atoms with Crippen molar-refractivity contribution in [3.8, 4) is 11.5 Å². The molecule has 112 valence electrons. The van der Waals surface area contributed by atoms with Gasteiger partial charge in [0.25, 0.3) is 0 Å². The first kappa shape index (κ1) is 16.0. The van der Waals surface area contributed by atoms with Crippen LogP contribution in [0.25, 0.3) is 0 Å². The van der Waals surface area contributed by atoms with E-state index in [1.54, 1.807) is 12.1 Å². The SMILES string of the molecule is COc1cc(C(Cl)c2ccc(F)cc2F)c(OC)cc1Br. The van der Waals surface area contributed by atoms with E-state index in [1.807, 2.05) is 0 Å². The molecule has 0 fully saturated rings. The lowest BCUT2D eigenvalue weighted by Crippen LogP contribution is -2.02. The zero-order chi connectivity index (χ0) is 15.6. The number of benzene rings is 2. The normalized spacial score (nSPS) is 12.1. The van der Waals surface area contributed by atoms with E-state index in [0.29, 0.717) is 21.5 Å². The van der Waals surface area contributed by atoms with E-state index in [1.165, 1.54) is 20.3 Å². The molecule has 0 heterocycles. The van der Waals surface area contributed by atoms with Crippen molar-refractivity contribution in [2.45, 2.75) is 5.38 Å². The summed E-state index contributed by atoms with van der Waals surface area (Å²) in [6, 6.07) is 6.62. The molecule has 0 aliphatic rings. The monoisotopic (exact) mass is 376 g/mol. The van der Waals surface area contributed by atoms with E-state index in [4.69, 9.17) is 21.1 Å². The second kappa shape index (κ2) is 6.62. The fourth-order valence-electron chi connectivity index (χ4n) is 1.96. The molecule has 0 saturated carbocycles. The lowest BCUT2D eigenvalue weighted by Gasteiger charge is -2.17. The Morgan fingerprint density at radius 1 is 1.00 bits per heavy atom. The van der Waals surface area contributed by atoms with E-state index < -0.39 is 17.0 Å². The Morgan fingerprint density at radius 3 is 2.24 bits per heavy atom. The smallest absolute Gasteiger partial charge is 0.133 e. The molecule has 0 amide bonds. The van der Waals surface area contributed by atoms with Crippen LogP contribution in [0, 0.1) is 11.6 Å². The molecule has 1 unspecified atom stereocenters. The van der Waals surface area contributed by atoms with Crippen LogP contribution in [-0.2, 0) is 0 Å². The molecule has 2 rings (SSSR count). The minimum Gasteiger partial charge on any atom is -0.496 e. The average Bonchev–Trinajstić information content (AvgIpc) is 2.46. The van der Waals surface area contributed by atoms with Gasteiger partial charge in [0.2, 0.25) is 0 Å². The van der Waals surface area contributed by atoms with Gasteiger partial charge < -0.3 is 9.47 Å². The molecule has 0 aliphatic heterocycles. The summed E-state index contributed by atoms with van der Waals surface area (Å²) in [6.07, 6.45) is 0. The topological polar surface area (TPSA) is 18.5 Å². The third-order valence-corrected chi connectivity index (χ3v) is 4.10. The van der Waals surface area contributed by atoms with Crippen molar-refractivity contribution in [2.24, 2.45) is 0 Å². The van der Waals surface area contributed by atoms with E-state index >= 15 is 0 Å². The van der Waals surface area contributed by atoms with Crippen LogP contribution < -0.4 is 9.47 Å². The third-order valence-electron chi connectivity index (χ3n) is 3.01. The van der Waals surface area contributed by atoms with Crippen molar-refractivity contribution >= 4 is 27.5 Å². The highest BCUT2D eigenvalue weighted by Gasteiger charge is 2.21. The highest BCUT2D eigenvalue weighted by atomic mass is 79.9. The molecular formula is C15H12BrClF2O2. The minimum absolute atomic E-state index is 0.167. The Hall–Kier alpha value is -1.33. The molecule has 6 heteroatoms. The van der Waals surface area contributed by atoms with E-state index in [-0.39, 0.29) is 5.56 Å². The standard InChI is InChI=1S/C15H12BrClF2O2/c1-20-13-7-11(16)14(21-2)6-10(13)15(17)9-4-3-8(18)5-12(9)19/h3-7,15H,1-2H3. The van der Waals surface area contributed by atoms with Crippen molar-refractivity contribution in [1.82, 2.24) is 0 Å². The number of alkyl halides is 1. The van der Waals surface area contributed by atoms with Gasteiger partial charge in [0, 0.05) is 17.2 Å². The van der Waals surface area contributed by atoms with Gasteiger partial charge in [-0.25, -0.2) is 8.78 Å². The molecule has 0 N–H and O–H groups in total. The predicted octanol–water partition coefficient (Wildman–Crippen LogP) is 5.07. The molecule has 0 bridgehead atoms. The van der Waals surface area contributed by atoms with Crippen LogP contribution in [0.3, 0.4) is 0 Å². The zero-order valence-corrected chi connectivity index (χ0v) is 13.6. The maximum absolute atomic E-state index is 13.9. The summed E-state index contributed by atoms with van der Waals surface area (Å²) in [7, 11) is 3.00. The fourth-order valence-corrected chi connectivity index (χ4v) is 2.79. The highest BCUT2D eigenvalue weighted by Crippen LogP contribution is 2.41. The quantitative estimate of drug-likeness (QED) is 0.692. The van der Waals surface area contributed by atoms with Crippen LogP contribution in [0.15, 0.2) is 34.8 Å². The van der Waals surface area contributed by atoms with Gasteiger partial charge >= 0.3 is 0 Å². The number of hydrogen-bond acceptors (Lipinski definition) is 2. The summed E-state index contributed by atoms with van der Waals surface area (Å²) < 4.78 is 38.0. The number of methoxy groups -OCH3 is 2. The Balaban J connectivity index is 2.53. The van der Waals surface area contributed by atoms with Gasteiger partial charge in [-0.15, -0.1) is 11.6 Å². The van der Waals surface area contributed by atoms with Crippen LogP contribution in [0.5, 0.6) is 11.5 Å². The van der Waals surface area contributed by atoms with Gasteiger partial charge in [-0.05, 0) is 34.1 Å². The molecule has 0 radical (unpaired) electrons. The van der Waals surface area contributed by atoms with Gasteiger partial charge in [-0.1, -0.05) is 6.07 Å². The summed E-state index contributed by atoms with van der Waals surface area (Å²) in [5, 5.41) is -0.831. The summed E-state index contributed by atoms with van der Waals surface area (Å²) in [6.45, 7) is 0. The predicted molar refractivity (Wildman–Crippen MR) is 81.3 cm³/mol. The summed E-state index contributed by atoms with van der Waals surface area (Å²) >= 11 is 9.68. The Bertz CT molecular complexity index is 664. The summed E-state index contributed by atoms with van der Waals surface area (Å²) in [4.78, 5) is 0. The first-order valence-corrected chi connectivity index (χ1v) is 7.21. The second-order valence-corrected chi connectivity index (χ2v) is 5.55. The Kier molecular flexibility index (Phi) is 5.06. The van der Waals surface area contributed by atoms with Crippen molar-refractivity contribution in [2.75, 3.05) is 14.2 Å². The van der Waals surface area contributed by atoms with Crippen LogP contribution in [0.2, 0.25) is 0 Å². The Labute approximate surface area is 134 Å². The van der Waals surface area contributed by atoms with E-state index in [9.17, 15) is 8.78 Å². The molecule has 2 aromatic rings. The van der Waals surface area contributed by atoms with Gasteiger partial charge in [0.15, 0.2) is 0 Å². The average molecular weight is 378 g/mol. The van der Waals surface area contributed by atoms with Crippen molar-refractivity contribution in [3.05, 3.63) is 57.6 Å². The van der Waals surface area contributed by atoms with Gasteiger partial charge in [0.1, 0.15) is 23.1 Å². The third kappa shape index (κ3) is 3.30. The molecule has 1 atom stereocenters. The largest absolute Gasteiger partial charge is 0.496 e. The van der Waals surface area contributed by atoms with Crippen molar-refractivity contribution < 1.29 is 18.3 Å². The van der Waals surface area contributed by atoms with Crippen molar-refractivity contribution in [1.29, 1.82) is 0 Å². The maximum atomic E-state index is 13.9. The second-order valence-electron chi connectivity index (χ2n) is 4.26. The molecule has 0 spiro atoms. The van der Waals surface area contributed by atoms with E-state index in [0.717, 1.165) is 12.1 Å². The number of halogens is 4. The van der Waals surface area contributed by atoms with Crippen LogP contribution in [0.1, 0.15) is 16.5 Å². The Morgan fingerprint density at radius 2 is 1.67 bits per heavy atom. The molecule has 0 aromatic heterocycles. The molecular weight excluding hydrogens is 366 g/mol. The molecule has 0 saturated heterocycles. The molecule has 2 aromatic carbocycles. The highest BCUT2D eigenvalue weighted by molar-refractivity contribution is 9.10. The fraction of sp³-hybridized carbons (Fsp3) is 0.200. The first-order chi connectivity index (χ1) is 9.97. The molecule has 0 aliphatic carbocycles. The maximum Gasteiger partial charge on any atom is 0.133 e. The lowest BCUT2D eigenvalue weighted by atomic mass is 10.0. The lowest BCUT2D eigenvalue weighted by molar-refractivity contribution is 0.397. The zero-order valence-electron chi connectivity index (χ0n) is 11.3. The molecule has 21 heavy (non-hydrogen) atoms. The van der Waals surface area contributed by atoms with Crippen molar-refractivity contribution in [3.63, 3.8) is 0 Å². The van der Waals surface area contributed by atoms with Gasteiger partial charge in [-0.3, -0.25) is 0 Å². The summed E-state index contributed by atoms with van der Waals surface area (Å²) in [5.74, 6) is -0.343. The number of hydrogen-bond donors (Lipinski definition) is 0. The van der Waals surface area contributed by atoms with E-state index in [2.05, 4.69) is 15.9 Å². The molecule has 2 nitrogen and oxygen atoms in total. The number of rotatable bonds is 4. The number of ether oxygens (including phenoxy) is 2. The minimum atomic E-state index is -0.831. The first-order valence-electron chi connectivity index (χ1n) is 5.98. The van der Waals surface area contributed by atoms with Crippen LogP contribution in [-0.4, -0.2) is 14.2 Å².